The van der Waals surface area contributed by atoms with E-state index in [1.165, 1.54) is 26.0 Å². The predicted molar refractivity (Wildman–Crippen MR) is 101 cm³/mol. The fraction of sp³-hybridized carbons (Fsp3) is 0.500. The zero-order chi connectivity index (χ0) is 20.9. The number of urea groups is 1. The maximum Gasteiger partial charge on any atom is 0.338 e. The molecular formula is C18H25N3O6S. The van der Waals surface area contributed by atoms with Crippen LogP contribution in [0.25, 0.3) is 0 Å². The van der Waals surface area contributed by atoms with Crippen molar-refractivity contribution >= 4 is 27.9 Å². The molecular weight excluding hydrogens is 386 g/mol. The summed E-state index contributed by atoms with van der Waals surface area (Å²) < 4.78 is 28.2. The molecule has 154 valence electrons. The molecule has 1 fully saturated rings. The molecule has 0 spiro atoms. The van der Waals surface area contributed by atoms with Crippen LogP contribution in [0.3, 0.4) is 0 Å². The molecule has 2 rings (SSSR count). The highest BCUT2D eigenvalue weighted by Crippen LogP contribution is 2.18. The molecule has 1 aliphatic rings. The second kappa shape index (κ2) is 9.16. The average molecular weight is 411 g/mol. The van der Waals surface area contributed by atoms with Crippen molar-refractivity contribution in [2.24, 2.45) is 5.14 Å². The minimum atomic E-state index is -4.00. The standard InChI is InChI=1S/C18H25N3O6S/c1-11-8-9-13(10-15(11)28(19,25)26)17(23)27-12(2)16(22)21-18(24)20-14-6-4-3-5-7-14/h8-10,12,14H,3-7H2,1-2H3,(H2,19,25,26)(H2,20,21,22,24). The number of sulfonamides is 1. The number of imide groups is 1. The van der Waals surface area contributed by atoms with Gasteiger partial charge in [0, 0.05) is 6.04 Å². The van der Waals surface area contributed by atoms with Crippen LogP contribution in [0.1, 0.15) is 54.9 Å². The lowest BCUT2D eigenvalue weighted by Crippen LogP contribution is -2.48. The van der Waals surface area contributed by atoms with E-state index in [0.717, 1.165) is 38.2 Å². The lowest BCUT2D eigenvalue weighted by molar-refractivity contribution is -0.127. The first-order valence-electron chi connectivity index (χ1n) is 9.03. The Morgan fingerprint density at radius 1 is 1.18 bits per heavy atom. The summed E-state index contributed by atoms with van der Waals surface area (Å²) in [6.07, 6.45) is 3.69. The first-order valence-corrected chi connectivity index (χ1v) is 10.6. The van der Waals surface area contributed by atoms with Crippen LogP contribution in [-0.2, 0) is 19.6 Å². The van der Waals surface area contributed by atoms with Crippen LogP contribution < -0.4 is 15.8 Å². The minimum Gasteiger partial charge on any atom is -0.449 e. The van der Waals surface area contributed by atoms with E-state index in [1.54, 1.807) is 0 Å². The number of hydrogen-bond acceptors (Lipinski definition) is 6. The first kappa shape index (κ1) is 21.8. The van der Waals surface area contributed by atoms with E-state index in [0.29, 0.717) is 5.56 Å². The number of rotatable bonds is 5. The van der Waals surface area contributed by atoms with Gasteiger partial charge in [-0.3, -0.25) is 10.1 Å². The van der Waals surface area contributed by atoms with Gasteiger partial charge in [-0.15, -0.1) is 0 Å². The van der Waals surface area contributed by atoms with Crippen LogP contribution in [0.4, 0.5) is 4.79 Å². The van der Waals surface area contributed by atoms with Gasteiger partial charge in [0.25, 0.3) is 5.91 Å². The van der Waals surface area contributed by atoms with E-state index in [9.17, 15) is 22.8 Å². The summed E-state index contributed by atoms with van der Waals surface area (Å²) in [4.78, 5) is 36.0. The molecule has 1 unspecified atom stereocenters. The summed E-state index contributed by atoms with van der Waals surface area (Å²) in [5.74, 6) is -1.68. The molecule has 4 N–H and O–H groups in total. The summed E-state index contributed by atoms with van der Waals surface area (Å²) in [5.41, 5.74) is 0.310. The molecule has 1 aromatic rings. The lowest BCUT2D eigenvalue weighted by Gasteiger charge is -2.23. The summed E-state index contributed by atoms with van der Waals surface area (Å²) in [7, 11) is -4.00. The topological polar surface area (TPSA) is 145 Å². The van der Waals surface area contributed by atoms with E-state index in [-0.39, 0.29) is 16.5 Å². The van der Waals surface area contributed by atoms with Crippen molar-refractivity contribution in [2.75, 3.05) is 0 Å². The third kappa shape index (κ3) is 6.03. The molecule has 3 amide bonds. The molecule has 0 heterocycles. The van der Waals surface area contributed by atoms with Crippen LogP contribution in [0.15, 0.2) is 23.1 Å². The number of carbonyl (C=O) groups excluding carboxylic acids is 3. The molecule has 28 heavy (non-hydrogen) atoms. The van der Waals surface area contributed by atoms with Crippen molar-refractivity contribution in [1.29, 1.82) is 0 Å². The quantitative estimate of drug-likeness (QED) is 0.624. The van der Waals surface area contributed by atoms with Crippen LogP contribution in [0.2, 0.25) is 0 Å². The van der Waals surface area contributed by atoms with Crippen molar-refractivity contribution in [3.8, 4) is 0 Å². The van der Waals surface area contributed by atoms with Crippen molar-refractivity contribution in [1.82, 2.24) is 10.6 Å². The van der Waals surface area contributed by atoms with Crippen LogP contribution >= 0.6 is 0 Å². The van der Waals surface area contributed by atoms with Gasteiger partial charge in [-0.05, 0) is 44.4 Å². The highest BCUT2D eigenvalue weighted by atomic mass is 32.2. The molecule has 9 nitrogen and oxygen atoms in total. The zero-order valence-corrected chi connectivity index (χ0v) is 16.7. The average Bonchev–Trinajstić information content (AvgIpc) is 2.61. The normalized spacial score (nSPS) is 16.1. The molecule has 1 atom stereocenters. The Labute approximate surface area is 164 Å². The Balaban J connectivity index is 1.94. The van der Waals surface area contributed by atoms with E-state index in [2.05, 4.69) is 10.6 Å². The number of benzene rings is 1. The predicted octanol–water partition coefficient (Wildman–Crippen LogP) is 1.35. The fourth-order valence-corrected chi connectivity index (χ4v) is 3.81. The van der Waals surface area contributed by atoms with Gasteiger partial charge in [0.1, 0.15) is 0 Å². The van der Waals surface area contributed by atoms with Gasteiger partial charge in [0.15, 0.2) is 6.10 Å². The first-order chi connectivity index (χ1) is 13.1. The smallest absolute Gasteiger partial charge is 0.338 e. The Hall–Kier alpha value is -2.46. The molecule has 10 heteroatoms. The number of ether oxygens (including phenoxy) is 1. The third-order valence-electron chi connectivity index (χ3n) is 4.56. The molecule has 0 saturated heterocycles. The molecule has 1 aliphatic carbocycles. The number of esters is 1. The van der Waals surface area contributed by atoms with Crippen LogP contribution in [0, 0.1) is 6.92 Å². The zero-order valence-electron chi connectivity index (χ0n) is 15.9. The lowest BCUT2D eigenvalue weighted by atomic mass is 9.96. The van der Waals surface area contributed by atoms with Gasteiger partial charge in [0.2, 0.25) is 10.0 Å². The summed E-state index contributed by atoms with van der Waals surface area (Å²) in [5, 5.41) is 9.99. The van der Waals surface area contributed by atoms with Crippen LogP contribution in [-0.4, -0.2) is 38.5 Å². The molecule has 1 aromatic carbocycles. The van der Waals surface area contributed by atoms with E-state index in [4.69, 9.17) is 9.88 Å². The Morgan fingerprint density at radius 2 is 1.82 bits per heavy atom. The van der Waals surface area contributed by atoms with Gasteiger partial charge >= 0.3 is 12.0 Å². The highest BCUT2D eigenvalue weighted by molar-refractivity contribution is 7.89. The summed E-state index contributed by atoms with van der Waals surface area (Å²) >= 11 is 0. The van der Waals surface area contributed by atoms with E-state index in [1.807, 2.05) is 0 Å². The number of hydrogen-bond donors (Lipinski definition) is 3. The van der Waals surface area contributed by atoms with Gasteiger partial charge in [-0.25, -0.2) is 23.1 Å². The summed E-state index contributed by atoms with van der Waals surface area (Å²) in [6, 6.07) is 3.27. The number of aryl methyl sites for hydroxylation is 1. The second-order valence-electron chi connectivity index (χ2n) is 6.87. The van der Waals surface area contributed by atoms with Crippen molar-refractivity contribution in [3.05, 3.63) is 29.3 Å². The van der Waals surface area contributed by atoms with Gasteiger partial charge in [0.05, 0.1) is 10.5 Å². The fourth-order valence-electron chi connectivity index (χ4n) is 3.00. The number of amides is 3. The maximum absolute atomic E-state index is 12.2. The number of nitrogens with one attached hydrogen (secondary N) is 2. The molecule has 0 radical (unpaired) electrons. The van der Waals surface area contributed by atoms with Crippen LogP contribution in [0.5, 0.6) is 0 Å². The number of primary sulfonamides is 1. The van der Waals surface area contributed by atoms with Gasteiger partial charge < -0.3 is 10.1 Å². The third-order valence-corrected chi connectivity index (χ3v) is 5.61. The molecule has 0 aliphatic heterocycles. The Kier molecular flexibility index (Phi) is 7.14. The van der Waals surface area contributed by atoms with Crippen molar-refractivity contribution in [2.45, 2.75) is 63.0 Å². The SMILES string of the molecule is Cc1ccc(C(=O)OC(C)C(=O)NC(=O)NC2CCCCC2)cc1S(N)(=O)=O. The van der Waals surface area contributed by atoms with Crippen molar-refractivity contribution in [3.63, 3.8) is 0 Å². The largest absolute Gasteiger partial charge is 0.449 e. The number of nitrogens with two attached hydrogens (primary N) is 1. The van der Waals surface area contributed by atoms with E-state index >= 15 is 0 Å². The monoisotopic (exact) mass is 411 g/mol. The minimum absolute atomic E-state index is 0.0311. The summed E-state index contributed by atoms with van der Waals surface area (Å²) in [6.45, 7) is 2.85. The van der Waals surface area contributed by atoms with E-state index < -0.39 is 34.0 Å². The second-order valence-corrected chi connectivity index (χ2v) is 8.40. The molecule has 0 aromatic heterocycles. The molecule has 1 saturated carbocycles. The number of carbonyl (C=O) groups is 3. The molecule has 0 bridgehead atoms. The van der Waals surface area contributed by atoms with Crippen molar-refractivity contribution < 1.29 is 27.5 Å². The Morgan fingerprint density at radius 3 is 2.43 bits per heavy atom. The maximum atomic E-state index is 12.2. The Bertz CT molecular complexity index is 862. The van der Waals surface area contributed by atoms with Gasteiger partial charge in [-0.2, -0.15) is 0 Å². The van der Waals surface area contributed by atoms with Gasteiger partial charge in [-0.1, -0.05) is 25.3 Å². The highest BCUT2D eigenvalue weighted by Gasteiger charge is 2.23.